The molecule has 1 aromatic heterocycles. The van der Waals surface area contributed by atoms with Crippen molar-refractivity contribution in [2.75, 3.05) is 6.54 Å². The quantitative estimate of drug-likeness (QED) is 0.337. The monoisotopic (exact) mass is 623 g/mol. The van der Waals surface area contributed by atoms with Crippen molar-refractivity contribution in [3.8, 4) is 0 Å². The lowest BCUT2D eigenvalue weighted by Crippen LogP contribution is -2.55. The van der Waals surface area contributed by atoms with Crippen LogP contribution in [0.2, 0.25) is 5.02 Å². The fraction of sp³-hybridized carbons (Fsp3) is 0.455. The van der Waals surface area contributed by atoms with Crippen LogP contribution >= 0.6 is 11.6 Å². The predicted molar refractivity (Wildman–Crippen MR) is 166 cm³/mol. The molecule has 2 aliphatic heterocycles. The van der Waals surface area contributed by atoms with Gasteiger partial charge in [-0.25, -0.2) is 4.39 Å². The van der Waals surface area contributed by atoms with E-state index in [9.17, 15) is 23.6 Å². The molecule has 5 atom stereocenters. The molecule has 2 aliphatic rings. The predicted octanol–water partition coefficient (Wildman–Crippen LogP) is 4.35. The summed E-state index contributed by atoms with van der Waals surface area (Å²) in [7, 11) is 0. The molecular weight excluding hydrogens is 585 g/mol. The van der Waals surface area contributed by atoms with Crippen LogP contribution in [0.25, 0.3) is 10.9 Å². The van der Waals surface area contributed by atoms with E-state index in [2.05, 4.69) is 20.9 Å². The van der Waals surface area contributed by atoms with E-state index >= 15 is 0 Å². The third kappa shape index (κ3) is 7.07. The van der Waals surface area contributed by atoms with E-state index in [1.165, 1.54) is 17.0 Å². The van der Waals surface area contributed by atoms with Crippen LogP contribution < -0.4 is 16.0 Å². The van der Waals surface area contributed by atoms with Crippen molar-refractivity contribution < 1.29 is 23.6 Å². The molecule has 2 fully saturated rings. The van der Waals surface area contributed by atoms with E-state index in [1.54, 1.807) is 0 Å². The highest BCUT2D eigenvalue weighted by Gasteiger charge is 2.43. The average molecular weight is 624 g/mol. The average Bonchev–Trinajstić information content (AvgIpc) is 3.59. The largest absolute Gasteiger partial charge is 0.361 e. The number of aromatic nitrogens is 1. The Morgan fingerprint density at radius 1 is 1.11 bits per heavy atom. The van der Waals surface area contributed by atoms with E-state index in [4.69, 9.17) is 11.6 Å². The second kappa shape index (κ2) is 13.4. The Bertz CT molecular complexity index is 1560. The van der Waals surface area contributed by atoms with Gasteiger partial charge in [-0.15, -0.1) is 0 Å². The van der Waals surface area contributed by atoms with E-state index in [1.807, 2.05) is 51.2 Å². The zero-order valence-corrected chi connectivity index (χ0v) is 25.9. The van der Waals surface area contributed by atoms with Gasteiger partial charge >= 0.3 is 0 Å². The molecule has 4 N–H and O–H groups in total. The molecule has 2 saturated heterocycles. The Labute approximate surface area is 261 Å². The molecule has 5 rings (SSSR count). The number of benzene rings is 2. The molecule has 3 aromatic rings. The highest BCUT2D eigenvalue weighted by atomic mass is 35.5. The molecular formula is C33H39ClFN5O4. The number of halogens is 2. The van der Waals surface area contributed by atoms with Gasteiger partial charge in [0.2, 0.25) is 17.7 Å². The van der Waals surface area contributed by atoms with Crippen LogP contribution in [-0.2, 0) is 20.8 Å². The first-order chi connectivity index (χ1) is 21.0. The van der Waals surface area contributed by atoms with Crippen molar-refractivity contribution in [2.24, 2.45) is 11.8 Å². The van der Waals surface area contributed by atoms with E-state index < -0.39 is 35.8 Å². The van der Waals surface area contributed by atoms with Crippen molar-refractivity contribution >= 4 is 46.1 Å². The maximum absolute atomic E-state index is 14.5. The summed E-state index contributed by atoms with van der Waals surface area (Å²) in [5, 5.41) is 10.1. The number of nitrogens with zero attached hydrogens (tertiary/aromatic N) is 1. The van der Waals surface area contributed by atoms with Crippen molar-refractivity contribution in [3.63, 3.8) is 0 Å². The van der Waals surface area contributed by atoms with Gasteiger partial charge in [0.15, 0.2) is 0 Å². The van der Waals surface area contributed by atoms with Crippen LogP contribution in [0.15, 0.2) is 48.7 Å². The number of hydrogen-bond acceptors (Lipinski definition) is 4. The molecule has 0 radical (unpaired) electrons. The molecule has 2 aromatic carbocycles. The van der Waals surface area contributed by atoms with E-state index in [0.717, 1.165) is 29.0 Å². The van der Waals surface area contributed by atoms with E-state index in [-0.39, 0.29) is 66.1 Å². The Balaban J connectivity index is 1.46. The maximum atomic E-state index is 14.5. The lowest BCUT2D eigenvalue weighted by molar-refractivity contribution is -0.141. The minimum absolute atomic E-state index is 0.0217. The zero-order chi connectivity index (χ0) is 31.5. The Hall–Kier alpha value is -3.92. The van der Waals surface area contributed by atoms with Crippen LogP contribution in [0.3, 0.4) is 0 Å². The molecule has 0 bridgehead atoms. The van der Waals surface area contributed by atoms with Gasteiger partial charge in [-0.05, 0) is 60.9 Å². The van der Waals surface area contributed by atoms with Crippen molar-refractivity contribution in [2.45, 2.75) is 77.0 Å². The zero-order valence-electron chi connectivity index (χ0n) is 25.2. The van der Waals surface area contributed by atoms with Crippen LogP contribution in [0.1, 0.15) is 62.4 Å². The number of hydrogen-bond donors (Lipinski definition) is 4. The first-order valence-corrected chi connectivity index (χ1v) is 15.6. The van der Waals surface area contributed by atoms with Crippen LogP contribution in [0.5, 0.6) is 0 Å². The molecule has 4 amide bonds. The van der Waals surface area contributed by atoms with Gasteiger partial charge in [0.05, 0.1) is 5.56 Å². The number of carbonyl (C=O) groups excluding carboxylic acids is 4. The Morgan fingerprint density at radius 3 is 2.66 bits per heavy atom. The molecule has 9 nitrogen and oxygen atoms in total. The molecule has 0 spiro atoms. The number of amides is 4. The van der Waals surface area contributed by atoms with Crippen molar-refractivity contribution in [3.05, 3.63) is 70.6 Å². The summed E-state index contributed by atoms with van der Waals surface area (Å²) in [6.45, 7) is 6.08. The number of rotatable bonds is 5. The number of aromatic amines is 1. The number of fused-ring (bicyclic) bond motifs is 2. The maximum Gasteiger partial charge on any atom is 0.254 e. The number of nitrogens with one attached hydrogen (secondary N) is 4. The number of H-pyrrole nitrogens is 1. The minimum Gasteiger partial charge on any atom is -0.361 e. The number of para-hydroxylation sites is 1. The summed E-state index contributed by atoms with van der Waals surface area (Å²) in [4.78, 5) is 59.1. The number of carbonyl (C=O) groups is 4. The van der Waals surface area contributed by atoms with Gasteiger partial charge in [0.25, 0.3) is 5.91 Å². The summed E-state index contributed by atoms with van der Waals surface area (Å²) in [6, 6.07) is 8.82. The lowest BCUT2D eigenvalue weighted by Gasteiger charge is -2.30. The minimum atomic E-state index is -0.939. The molecule has 11 heteroatoms. The highest BCUT2D eigenvalue weighted by molar-refractivity contribution is 6.31. The standard InChI is InChI=1S/C33H39ClFN5O4/c1-18(2)26-11-8-19(3)12-30(41)38-28(13-20-16-36-27-7-5-4-6-23(20)27)33(44)40-17-22(15-29(40)32(43)39-26)37-31(42)24-14-21(34)9-10-25(24)35/h4-7,9-10,14,16,18-19,22,26,28-29,36H,8,11-13,15,17H2,1-3H3,(H,37,42)(H,38,41)(H,39,43)/t19-,22-,26+,28-,29+/m1/s1. The fourth-order valence-corrected chi connectivity index (χ4v) is 6.45. The second-order valence-corrected chi connectivity index (χ2v) is 12.9. The van der Waals surface area contributed by atoms with E-state index in [0.29, 0.717) is 6.42 Å². The molecule has 3 heterocycles. The fourth-order valence-electron chi connectivity index (χ4n) is 6.27. The molecule has 234 valence electrons. The van der Waals surface area contributed by atoms with Gasteiger partial charge in [0.1, 0.15) is 17.9 Å². The molecule has 0 aliphatic carbocycles. The van der Waals surface area contributed by atoms with Crippen LogP contribution in [0, 0.1) is 17.7 Å². The van der Waals surface area contributed by atoms with Gasteiger partial charge in [0, 0.05) is 53.6 Å². The Morgan fingerprint density at radius 2 is 1.89 bits per heavy atom. The summed E-state index contributed by atoms with van der Waals surface area (Å²) in [5.74, 6) is -2.18. The first-order valence-electron chi connectivity index (χ1n) is 15.2. The molecule has 0 unspecified atom stereocenters. The highest BCUT2D eigenvalue weighted by Crippen LogP contribution is 2.26. The van der Waals surface area contributed by atoms with Crippen molar-refractivity contribution in [1.82, 2.24) is 25.8 Å². The normalized spacial score (nSPS) is 25.1. The third-order valence-electron chi connectivity index (χ3n) is 8.76. The van der Waals surface area contributed by atoms with Crippen LogP contribution in [-0.4, -0.2) is 64.2 Å². The Kier molecular flexibility index (Phi) is 9.58. The first kappa shape index (κ1) is 31.5. The molecule has 44 heavy (non-hydrogen) atoms. The van der Waals surface area contributed by atoms with Gasteiger partial charge in [-0.1, -0.05) is 50.6 Å². The van der Waals surface area contributed by atoms with Gasteiger partial charge < -0.3 is 25.8 Å². The summed E-state index contributed by atoms with van der Waals surface area (Å²) >= 11 is 6.00. The summed E-state index contributed by atoms with van der Waals surface area (Å²) in [6.07, 6.45) is 3.86. The van der Waals surface area contributed by atoms with Crippen LogP contribution in [0.4, 0.5) is 4.39 Å². The SMILES string of the molecule is CC(C)[C@@H]1CC[C@@H](C)CC(=O)N[C@H](Cc2c[nH]c3ccccc23)C(=O)N2C[C@H](NC(=O)c3cc(Cl)ccc3F)C[C@H]2C(=O)N1. The second-order valence-electron chi connectivity index (χ2n) is 12.5. The smallest absolute Gasteiger partial charge is 0.254 e. The topological polar surface area (TPSA) is 123 Å². The van der Waals surface area contributed by atoms with Crippen molar-refractivity contribution in [1.29, 1.82) is 0 Å². The van der Waals surface area contributed by atoms with Gasteiger partial charge in [-0.3, -0.25) is 19.2 Å². The summed E-state index contributed by atoms with van der Waals surface area (Å²) in [5.41, 5.74) is 1.55. The third-order valence-corrected chi connectivity index (χ3v) is 9.00. The summed E-state index contributed by atoms with van der Waals surface area (Å²) < 4.78 is 14.5. The molecule has 0 saturated carbocycles. The lowest BCUT2D eigenvalue weighted by atomic mass is 9.92. The van der Waals surface area contributed by atoms with Gasteiger partial charge in [-0.2, -0.15) is 0 Å².